The average Bonchev–Trinajstić information content (AvgIpc) is 2.76. The molecule has 0 aromatic heterocycles. The fourth-order valence-corrected chi connectivity index (χ4v) is 1.64. The summed E-state index contributed by atoms with van der Waals surface area (Å²) in [5.41, 5.74) is 2.55. The van der Waals surface area contributed by atoms with Gasteiger partial charge in [-0.3, -0.25) is 12.2 Å². The Balaban J connectivity index is -0.000000190. The van der Waals surface area contributed by atoms with Gasteiger partial charge in [-0.1, -0.05) is 32.4 Å². The van der Waals surface area contributed by atoms with Crippen LogP contribution in [0.1, 0.15) is 33.1 Å². The van der Waals surface area contributed by atoms with Crippen molar-refractivity contribution in [2.45, 2.75) is 45.2 Å². The van der Waals surface area contributed by atoms with E-state index in [9.17, 15) is 0 Å². The van der Waals surface area contributed by atoms with Crippen molar-refractivity contribution in [2.24, 2.45) is 0 Å². The van der Waals surface area contributed by atoms with E-state index in [-0.39, 0.29) is 50.7 Å². The van der Waals surface area contributed by atoms with Crippen molar-refractivity contribution in [1.29, 1.82) is 0 Å². The molecule has 0 N–H and O–H groups in total. The van der Waals surface area contributed by atoms with Gasteiger partial charge >= 0.3 is 25.8 Å². The van der Waals surface area contributed by atoms with Gasteiger partial charge in [0.15, 0.2) is 0 Å². The first-order chi connectivity index (χ1) is 7.79. The zero-order valence-electron chi connectivity index (χ0n) is 11.7. The van der Waals surface area contributed by atoms with Crippen LogP contribution in [0.5, 0.6) is 0 Å². The van der Waals surface area contributed by atoms with Gasteiger partial charge in [0.05, 0.1) is 0 Å². The van der Waals surface area contributed by atoms with Gasteiger partial charge in [-0.25, -0.2) is 23.3 Å². The van der Waals surface area contributed by atoms with Gasteiger partial charge in [0.25, 0.3) is 0 Å². The second-order valence-electron chi connectivity index (χ2n) is 4.15. The summed E-state index contributed by atoms with van der Waals surface area (Å²) in [6.45, 7) is 4.12. The van der Waals surface area contributed by atoms with Crippen LogP contribution in [0, 0.1) is 12.2 Å². The van der Waals surface area contributed by atoms with Crippen LogP contribution >= 0.6 is 0 Å². The molecule has 3 aliphatic rings. The van der Waals surface area contributed by atoms with Crippen molar-refractivity contribution >= 4 is 9.52 Å². The molecule has 19 heavy (non-hydrogen) atoms. The summed E-state index contributed by atoms with van der Waals surface area (Å²) < 4.78 is 0. The predicted octanol–water partition coefficient (Wildman–Crippen LogP) is -1.94. The number of hydrogen-bond donors (Lipinski definition) is 0. The van der Waals surface area contributed by atoms with Crippen molar-refractivity contribution in [1.82, 2.24) is 0 Å². The van der Waals surface area contributed by atoms with Gasteiger partial charge in [0.1, 0.15) is 0 Å². The van der Waals surface area contributed by atoms with E-state index in [4.69, 9.17) is 0 Å². The van der Waals surface area contributed by atoms with Crippen LogP contribution < -0.4 is 24.8 Å². The molecule has 0 spiro atoms. The molecule has 4 heteroatoms. The van der Waals surface area contributed by atoms with E-state index in [1.165, 1.54) is 17.6 Å². The Kier molecular flexibility index (Phi) is 21.6. The molecule has 0 unspecified atom stereocenters. The summed E-state index contributed by atoms with van der Waals surface area (Å²) in [6.07, 6.45) is 18.2. The van der Waals surface area contributed by atoms with E-state index in [0.29, 0.717) is 0 Å². The molecule has 0 aromatic rings. The summed E-state index contributed by atoms with van der Waals surface area (Å²) in [4.78, 5) is 0. The van der Waals surface area contributed by atoms with E-state index in [1.54, 1.807) is 12.1 Å². The molecule has 1 heterocycles. The standard InChI is InChI=1S/2C6H7.C3H7Si.2ClH.Hf/c2*1-6-4-2-3-5-6;1-2-4-3-1;;;/h2*2,4H,3H2,1H3;4H,1-3H2;2*1H;/q2*-1;;;;+4/p-2. The van der Waals surface area contributed by atoms with Gasteiger partial charge < -0.3 is 24.8 Å². The molecule has 0 aromatic carbocycles. The molecular weight excluding hydrogens is 458 g/mol. The van der Waals surface area contributed by atoms with Crippen LogP contribution in [0.3, 0.4) is 0 Å². The second kappa shape index (κ2) is 16.7. The van der Waals surface area contributed by atoms with Gasteiger partial charge in [0.2, 0.25) is 0 Å². The molecule has 1 saturated heterocycles. The molecule has 103 valence electrons. The van der Waals surface area contributed by atoms with E-state index in [1.807, 2.05) is 0 Å². The molecular formula is C15H21Cl2HfSi. The molecule has 0 atom stereocenters. The van der Waals surface area contributed by atoms with Crippen molar-refractivity contribution in [3.63, 3.8) is 0 Å². The topological polar surface area (TPSA) is 0 Å². The van der Waals surface area contributed by atoms with Crippen molar-refractivity contribution < 1.29 is 50.7 Å². The molecule has 0 amide bonds. The Hall–Kier alpha value is 0.627. The van der Waals surface area contributed by atoms with E-state index < -0.39 is 0 Å². The van der Waals surface area contributed by atoms with E-state index >= 15 is 0 Å². The second-order valence-corrected chi connectivity index (χ2v) is 5.88. The van der Waals surface area contributed by atoms with Gasteiger partial charge in [0, 0.05) is 9.52 Å². The Morgan fingerprint density at radius 2 is 1.21 bits per heavy atom. The SMILES string of the molecule is C1C[SiH]C1.CC1=[C-]CC=C1.CC1=[C-]CC=C1.[Cl-].[Cl-].[Hf+4]. The zero-order valence-corrected chi connectivity index (χ0v) is 17.9. The summed E-state index contributed by atoms with van der Waals surface area (Å²) >= 11 is 0. The van der Waals surface area contributed by atoms with Crippen molar-refractivity contribution in [2.75, 3.05) is 0 Å². The molecule has 2 aliphatic carbocycles. The monoisotopic (exact) mass is 479 g/mol. The van der Waals surface area contributed by atoms with E-state index in [2.05, 4.69) is 50.3 Å². The first kappa shape index (κ1) is 24.6. The van der Waals surface area contributed by atoms with Gasteiger partial charge in [-0.2, -0.15) is 12.2 Å². The van der Waals surface area contributed by atoms with Crippen LogP contribution in [-0.4, -0.2) is 9.52 Å². The first-order valence-corrected chi connectivity index (χ1v) is 7.72. The molecule has 3 rings (SSSR count). The molecule has 0 nitrogen and oxygen atoms in total. The average molecular weight is 479 g/mol. The minimum Gasteiger partial charge on any atom is -1.00 e. The summed E-state index contributed by atoms with van der Waals surface area (Å²) in [6, 6.07) is 3.17. The fourth-order valence-electron chi connectivity index (χ4n) is 1.23. The van der Waals surface area contributed by atoms with Crippen LogP contribution in [-0.2, 0) is 25.8 Å². The van der Waals surface area contributed by atoms with Crippen LogP contribution in [0.25, 0.3) is 0 Å². The number of allylic oxidation sites excluding steroid dienone is 8. The normalized spacial score (nSPS) is 16.7. The molecule has 0 bridgehead atoms. The molecule has 1 aliphatic heterocycles. The summed E-state index contributed by atoms with van der Waals surface area (Å²) in [5, 5.41) is 0. The largest absolute Gasteiger partial charge is 4.00 e. The van der Waals surface area contributed by atoms with Crippen LogP contribution in [0.2, 0.25) is 12.1 Å². The Morgan fingerprint density at radius 3 is 1.26 bits per heavy atom. The third-order valence-electron chi connectivity index (χ3n) is 2.55. The quantitative estimate of drug-likeness (QED) is 0.281. The molecule has 1 fully saturated rings. The Labute approximate surface area is 152 Å². The van der Waals surface area contributed by atoms with Crippen molar-refractivity contribution in [3.8, 4) is 0 Å². The van der Waals surface area contributed by atoms with Crippen LogP contribution in [0.15, 0.2) is 35.5 Å². The number of hydrogen-bond acceptors (Lipinski definition) is 0. The number of rotatable bonds is 0. The van der Waals surface area contributed by atoms with E-state index in [0.717, 1.165) is 22.4 Å². The maximum Gasteiger partial charge on any atom is 4.00 e. The Morgan fingerprint density at radius 1 is 0.895 bits per heavy atom. The smallest absolute Gasteiger partial charge is 1.00 e. The zero-order chi connectivity index (χ0) is 11.6. The third kappa shape index (κ3) is 14.8. The predicted molar refractivity (Wildman–Crippen MR) is 73.8 cm³/mol. The van der Waals surface area contributed by atoms with Crippen molar-refractivity contribution in [3.05, 3.63) is 47.6 Å². The molecule has 1 radical (unpaired) electrons. The maximum absolute atomic E-state index is 3.12. The van der Waals surface area contributed by atoms with Crippen LogP contribution in [0.4, 0.5) is 0 Å². The first-order valence-electron chi connectivity index (χ1n) is 6.08. The summed E-state index contributed by atoms with van der Waals surface area (Å²) in [7, 11) is 0.963. The minimum absolute atomic E-state index is 0. The fraction of sp³-hybridized carbons (Fsp3) is 0.467. The Bertz CT molecular complexity index is 279. The van der Waals surface area contributed by atoms with Gasteiger partial charge in [-0.05, 0) is 0 Å². The minimum atomic E-state index is 0. The number of halogens is 2. The summed E-state index contributed by atoms with van der Waals surface area (Å²) in [5.74, 6) is 0. The van der Waals surface area contributed by atoms with Gasteiger partial charge in [-0.15, -0.1) is 12.8 Å². The maximum atomic E-state index is 3.12. The third-order valence-corrected chi connectivity index (χ3v) is 4.18. The molecule has 0 saturated carbocycles.